The second-order valence-corrected chi connectivity index (χ2v) is 4.76. The van der Waals surface area contributed by atoms with E-state index in [2.05, 4.69) is 14.9 Å². The molecule has 5 nitrogen and oxygen atoms in total. The maximum Gasteiger partial charge on any atom is 0.134 e. The average Bonchev–Trinajstić information content (AvgIpc) is 2.38. The highest BCUT2D eigenvalue weighted by Gasteiger charge is 2.34. The third-order valence-electron chi connectivity index (χ3n) is 3.70. The van der Waals surface area contributed by atoms with Crippen molar-refractivity contribution in [2.45, 2.75) is 37.8 Å². The lowest BCUT2D eigenvalue weighted by molar-refractivity contribution is -0.00899. The molecule has 0 radical (unpaired) electrons. The summed E-state index contributed by atoms with van der Waals surface area (Å²) in [6.07, 6.45) is 6.82. The molecule has 5 heteroatoms. The van der Waals surface area contributed by atoms with Gasteiger partial charge in [-0.15, -0.1) is 0 Å². The van der Waals surface area contributed by atoms with Crippen LogP contribution in [0.15, 0.2) is 12.4 Å². The number of anilines is 2. The highest BCUT2D eigenvalue weighted by atomic mass is 16.5. The first-order chi connectivity index (χ1) is 8.34. The van der Waals surface area contributed by atoms with Crippen molar-refractivity contribution in [2.75, 3.05) is 23.8 Å². The number of nitrogens with two attached hydrogens (primary N) is 1. The number of aromatic nitrogens is 2. The molecule has 1 aromatic heterocycles. The predicted molar refractivity (Wildman–Crippen MR) is 65.8 cm³/mol. The Balaban J connectivity index is 1.85. The quantitative estimate of drug-likeness (QED) is 0.791. The summed E-state index contributed by atoms with van der Waals surface area (Å²) in [6, 6.07) is 2.32. The third-order valence-corrected chi connectivity index (χ3v) is 3.70. The molecule has 2 fully saturated rings. The van der Waals surface area contributed by atoms with Gasteiger partial charge in [0.2, 0.25) is 0 Å². The van der Waals surface area contributed by atoms with E-state index in [1.54, 1.807) is 0 Å². The first kappa shape index (κ1) is 10.8. The lowest BCUT2D eigenvalue weighted by Crippen LogP contribution is -2.53. The Bertz CT molecular complexity index is 396. The first-order valence-electron chi connectivity index (χ1n) is 6.30. The summed E-state index contributed by atoms with van der Waals surface area (Å²) >= 11 is 0. The molecule has 1 saturated carbocycles. The zero-order chi connectivity index (χ0) is 11.7. The van der Waals surface area contributed by atoms with Crippen molar-refractivity contribution in [2.24, 2.45) is 0 Å². The maximum absolute atomic E-state index is 5.85. The normalized spacial score (nSPS) is 28.8. The molecule has 0 aromatic carbocycles. The van der Waals surface area contributed by atoms with E-state index >= 15 is 0 Å². The van der Waals surface area contributed by atoms with Crippen molar-refractivity contribution in [3.8, 4) is 0 Å². The van der Waals surface area contributed by atoms with Crippen LogP contribution in [0.1, 0.15) is 25.7 Å². The summed E-state index contributed by atoms with van der Waals surface area (Å²) in [5.74, 6) is 1.48. The Morgan fingerprint density at radius 1 is 1.29 bits per heavy atom. The lowest BCUT2D eigenvalue weighted by Gasteiger charge is -2.44. The van der Waals surface area contributed by atoms with E-state index in [4.69, 9.17) is 10.5 Å². The Morgan fingerprint density at radius 3 is 3.06 bits per heavy atom. The molecule has 0 bridgehead atoms. The number of hydrogen-bond donors (Lipinski definition) is 1. The third kappa shape index (κ3) is 2.07. The number of rotatable bonds is 1. The number of hydrogen-bond acceptors (Lipinski definition) is 5. The molecule has 2 N–H and O–H groups in total. The molecule has 1 saturated heterocycles. The Morgan fingerprint density at radius 2 is 2.18 bits per heavy atom. The average molecular weight is 234 g/mol. The van der Waals surface area contributed by atoms with Crippen LogP contribution >= 0.6 is 0 Å². The fourth-order valence-corrected chi connectivity index (χ4v) is 2.90. The number of morpholine rings is 1. The van der Waals surface area contributed by atoms with Crippen LogP contribution in [0.4, 0.5) is 11.6 Å². The van der Waals surface area contributed by atoms with Gasteiger partial charge in [-0.2, -0.15) is 0 Å². The van der Waals surface area contributed by atoms with Gasteiger partial charge in [0, 0.05) is 12.6 Å². The summed E-state index contributed by atoms with van der Waals surface area (Å²) in [6.45, 7) is 1.68. The van der Waals surface area contributed by atoms with Crippen LogP contribution in [-0.2, 0) is 4.74 Å². The Hall–Kier alpha value is -1.36. The second-order valence-electron chi connectivity index (χ2n) is 4.76. The van der Waals surface area contributed by atoms with E-state index in [-0.39, 0.29) is 0 Å². The summed E-state index contributed by atoms with van der Waals surface area (Å²) in [4.78, 5) is 10.6. The van der Waals surface area contributed by atoms with Crippen LogP contribution in [0.2, 0.25) is 0 Å². The maximum atomic E-state index is 5.85. The molecule has 2 unspecified atom stereocenters. The minimum absolute atomic E-state index is 0.369. The molecule has 1 aliphatic heterocycles. The zero-order valence-electron chi connectivity index (χ0n) is 9.88. The van der Waals surface area contributed by atoms with E-state index in [1.165, 1.54) is 32.0 Å². The summed E-state index contributed by atoms with van der Waals surface area (Å²) < 4.78 is 5.85. The smallest absolute Gasteiger partial charge is 0.134 e. The number of ether oxygens (including phenoxy) is 1. The zero-order valence-corrected chi connectivity index (χ0v) is 9.88. The van der Waals surface area contributed by atoms with Gasteiger partial charge in [-0.3, -0.25) is 0 Å². The highest BCUT2D eigenvalue weighted by molar-refractivity contribution is 5.47. The molecule has 92 valence electrons. The second kappa shape index (κ2) is 4.49. The van der Waals surface area contributed by atoms with Crippen LogP contribution < -0.4 is 10.6 Å². The van der Waals surface area contributed by atoms with Gasteiger partial charge < -0.3 is 15.4 Å². The Kier molecular flexibility index (Phi) is 2.84. The molecule has 1 aliphatic carbocycles. The van der Waals surface area contributed by atoms with E-state index in [9.17, 15) is 0 Å². The SMILES string of the molecule is Nc1cc(N2CCOC3CCCCC32)ncn1. The summed E-state index contributed by atoms with van der Waals surface area (Å²) in [5.41, 5.74) is 5.72. The minimum Gasteiger partial charge on any atom is -0.384 e. The molecule has 1 aromatic rings. The summed E-state index contributed by atoms with van der Waals surface area (Å²) in [7, 11) is 0. The summed E-state index contributed by atoms with van der Waals surface area (Å²) in [5, 5.41) is 0. The predicted octanol–water partition coefficient (Wildman–Crippen LogP) is 1.21. The standard InChI is InChI=1S/C12H18N4O/c13-11-7-12(15-8-14-11)16-5-6-17-10-4-2-1-3-9(10)16/h7-10H,1-6H2,(H2,13,14,15). The van der Waals surface area contributed by atoms with E-state index in [0.717, 1.165) is 19.0 Å². The number of nitrogen functional groups attached to an aromatic ring is 1. The fourth-order valence-electron chi connectivity index (χ4n) is 2.90. The van der Waals surface area contributed by atoms with E-state index in [1.807, 2.05) is 6.07 Å². The molecule has 17 heavy (non-hydrogen) atoms. The van der Waals surface area contributed by atoms with Crippen molar-refractivity contribution in [1.82, 2.24) is 9.97 Å². The molecular weight excluding hydrogens is 216 g/mol. The van der Waals surface area contributed by atoms with Gasteiger partial charge in [0.1, 0.15) is 18.0 Å². The Labute approximate surface area is 101 Å². The van der Waals surface area contributed by atoms with Gasteiger partial charge in [0.05, 0.1) is 18.8 Å². The van der Waals surface area contributed by atoms with Gasteiger partial charge in [0.25, 0.3) is 0 Å². The number of fused-ring (bicyclic) bond motifs is 1. The molecule has 0 spiro atoms. The lowest BCUT2D eigenvalue weighted by atomic mass is 9.90. The van der Waals surface area contributed by atoms with E-state index < -0.39 is 0 Å². The van der Waals surface area contributed by atoms with Crippen LogP contribution in [0.5, 0.6) is 0 Å². The highest BCUT2D eigenvalue weighted by Crippen LogP contribution is 2.31. The first-order valence-corrected chi connectivity index (χ1v) is 6.30. The number of nitrogens with zero attached hydrogens (tertiary/aromatic N) is 3. The van der Waals surface area contributed by atoms with Crippen LogP contribution in [0.3, 0.4) is 0 Å². The molecule has 2 aliphatic rings. The molecule has 0 amide bonds. The van der Waals surface area contributed by atoms with E-state index in [0.29, 0.717) is 18.0 Å². The minimum atomic E-state index is 0.369. The van der Waals surface area contributed by atoms with Crippen LogP contribution in [0.25, 0.3) is 0 Å². The van der Waals surface area contributed by atoms with Gasteiger partial charge in [0.15, 0.2) is 0 Å². The van der Waals surface area contributed by atoms with Crippen molar-refractivity contribution >= 4 is 11.6 Å². The van der Waals surface area contributed by atoms with Crippen molar-refractivity contribution in [3.05, 3.63) is 12.4 Å². The largest absolute Gasteiger partial charge is 0.384 e. The van der Waals surface area contributed by atoms with Gasteiger partial charge in [-0.05, 0) is 12.8 Å². The van der Waals surface area contributed by atoms with Crippen LogP contribution in [0, 0.1) is 0 Å². The van der Waals surface area contributed by atoms with Crippen molar-refractivity contribution in [1.29, 1.82) is 0 Å². The van der Waals surface area contributed by atoms with Crippen molar-refractivity contribution < 1.29 is 4.74 Å². The van der Waals surface area contributed by atoms with Crippen molar-refractivity contribution in [3.63, 3.8) is 0 Å². The fraction of sp³-hybridized carbons (Fsp3) is 0.667. The van der Waals surface area contributed by atoms with Gasteiger partial charge >= 0.3 is 0 Å². The molecular formula is C12H18N4O. The topological polar surface area (TPSA) is 64.3 Å². The molecule has 2 atom stereocenters. The molecule has 2 heterocycles. The van der Waals surface area contributed by atoms with Gasteiger partial charge in [-0.25, -0.2) is 9.97 Å². The van der Waals surface area contributed by atoms with Gasteiger partial charge in [-0.1, -0.05) is 12.8 Å². The van der Waals surface area contributed by atoms with Crippen LogP contribution in [-0.4, -0.2) is 35.3 Å². The monoisotopic (exact) mass is 234 g/mol. The molecule has 3 rings (SSSR count).